The molecule has 0 aromatic heterocycles. The molecule has 356 valence electrons. The van der Waals surface area contributed by atoms with Crippen LogP contribution in [0.5, 0.6) is 0 Å². The number of ether oxygens (including phenoxy) is 2. The van der Waals surface area contributed by atoms with E-state index in [4.69, 9.17) is 9.47 Å². The molecular weight excluding hydrogens is 759 g/mol. The topological polar surface area (TPSA) is 169 Å². The minimum Gasteiger partial charge on any atom is -0.506 e. The fourth-order valence-electron chi connectivity index (χ4n) is 8.48. The molecule has 7 N–H and O–H groups in total. The molecular formula is C50H97NO9. The van der Waals surface area contributed by atoms with Crippen LogP contribution in [0, 0.1) is 0 Å². The minimum absolute atomic E-state index is 0.124. The van der Waals surface area contributed by atoms with Crippen LogP contribution in [0.4, 0.5) is 0 Å². The Bertz CT molecular complexity index is 997. The molecule has 0 aromatic rings. The summed E-state index contributed by atoms with van der Waals surface area (Å²) in [6, 6.07) is -0.782. The SMILES string of the molecule is CCCCCCCCCCCCCC[C@@H](O)[C@@H](O)[C@H](CC[C@H]1OC(CO)C(O)=C(O)C1O)NC(=O)CCCCCCCCCCCCCCCCCCCOCCCCC. The predicted octanol–water partition coefficient (Wildman–Crippen LogP) is 11.7. The molecule has 10 heteroatoms. The first-order valence-corrected chi connectivity index (χ1v) is 25.6. The van der Waals surface area contributed by atoms with Gasteiger partial charge < -0.3 is 45.4 Å². The lowest BCUT2D eigenvalue weighted by molar-refractivity contribution is -0.126. The Morgan fingerprint density at radius 2 is 0.983 bits per heavy atom. The van der Waals surface area contributed by atoms with Crippen LogP contribution in [0.3, 0.4) is 0 Å². The summed E-state index contributed by atoms with van der Waals surface area (Å²) in [5, 5.41) is 65.5. The molecule has 60 heavy (non-hydrogen) atoms. The number of hydrogen-bond donors (Lipinski definition) is 7. The quantitative estimate of drug-likeness (QED) is 0.0295. The second-order valence-corrected chi connectivity index (χ2v) is 18.1. The molecule has 0 fully saturated rings. The van der Waals surface area contributed by atoms with Gasteiger partial charge in [-0.25, -0.2) is 0 Å². The number of amides is 1. The maximum absolute atomic E-state index is 13.1. The average Bonchev–Trinajstić information content (AvgIpc) is 3.25. The van der Waals surface area contributed by atoms with Crippen LogP contribution in [0.1, 0.15) is 245 Å². The van der Waals surface area contributed by atoms with Crippen molar-refractivity contribution < 1.29 is 44.9 Å². The monoisotopic (exact) mass is 856 g/mol. The Morgan fingerprint density at radius 1 is 0.583 bits per heavy atom. The Hall–Kier alpha value is -1.43. The van der Waals surface area contributed by atoms with Crippen LogP contribution in [0.2, 0.25) is 0 Å². The molecule has 1 aliphatic rings. The number of unbranched alkanes of at least 4 members (excludes halogenated alkanes) is 29. The zero-order chi connectivity index (χ0) is 43.9. The van der Waals surface area contributed by atoms with Crippen molar-refractivity contribution in [3.8, 4) is 0 Å². The molecule has 0 aromatic carbocycles. The summed E-state index contributed by atoms with van der Waals surface area (Å²) in [5.41, 5.74) is 0. The number of carbonyl (C=O) groups excluding carboxylic acids is 1. The number of aliphatic hydroxyl groups excluding tert-OH is 6. The summed E-state index contributed by atoms with van der Waals surface area (Å²) >= 11 is 0. The average molecular weight is 856 g/mol. The lowest BCUT2D eigenvalue weighted by atomic mass is 9.93. The first-order chi connectivity index (χ1) is 29.3. The standard InChI is InChI=1S/C50H97NO9/c1-3-5-7-8-9-10-11-19-22-25-28-31-35-43(53)47(55)42(37-38-44-48(56)50(58)49(57)45(41-52)60-44)51-46(54)36-32-29-26-23-20-17-15-13-12-14-16-18-21-24-27-30-34-40-59-39-33-6-4-2/h42-45,47-48,52-53,55-58H,3-41H2,1-2H3,(H,51,54)/t42-,43+,44+,45?,47-,48?/m0/s1. The van der Waals surface area contributed by atoms with Crippen molar-refractivity contribution in [3.05, 3.63) is 11.5 Å². The van der Waals surface area contributed by atoms with E-state index in [2.05, 4.69) is 19.2 Å². The van der Waals surface area contributed by atoms with Crippen LogP contribution >= 0.6 is 0 Å². The fraction of sp³-hybridized carbons (Fsp3) is 0.940. The van der Waals surface area contributed by atoms with E-state index in [1.807, 2.05) is 0 Å². The maximum atomic E-state index is 13.1. The second kappa shape index (κ2) is 40.4. The van der Waals surface area contributed by atoms with Crippen molar-refractivity contribution in [3.63, 3.8) is 0 Å². The number of hydrogen-bond acceptors (Lipinski definition) is 9. The van der Waals surface area contributed by atoms with Gasteiger partial charge in [-0.3, -0.25) is 4.79 Å². The van der Waals surface area contributed by atoms with Crippen LogP contribution in [-0.4, -0.2) is 92.9 Å². The van der Waals surface area contributed by atoms with Crippen LogP contribution in [0.15, 0.2) is 11.5 Å². The van der Waals surface area contributed by atoms with E-state index in [1.54, 1.807) is 0 Å². The molecule has 6 atom stereocenters. The zero-order valence-corrected chi connectivity index (χ0v) is 38.9. The van der Waals surface area contributed by atoms with Gasteiger partial charge in [-0.15, -0.1) is 0 Å². The molecule has 10 nitrogen and oxygen atoms in total. The van der Waals surface area contributed by atoms with Gasteiger partial charge in [0.25, 0.3) is 0 Å². The molecule has 2 unspecified atom stereocenters. The van der Waals surface area contributed by atoms with Gasteiger partial charge in [0.2, 0.25) is 5.91 Å². The molecule has 1 rings (SSSR count). The third kappa shape index (κ3) is 29.8. The third-order valence-corrected chi connectivity index (χ3v) is 12.6. The largest absolute Gasteiger partial charge is 0.506 e. The van der Waals surface area contributed by atoms with E-state index >= 15 is 0 Å². The molecule has 0 saturated heterocycles. The molecule has 0 spiro atoms. The van der Waals surface area contributed by atoms with E-state index in [0.29, 0.717) is 12.8 Å². The zero-order valence-electron chi connectivity index (χ0n) is 38.9. The summed E-state index contributed by atoms with van der Waals surface area (Å²) in [5.74, 6) is -1.43. The van der Waals surface area contributed by atoms with Crippen molar-refractivity contribution in [2.75, 3.05) is 19.8 Å². The van der Waals surface area contributed by atoms with E-state index < -0.39 is 54.7 Å². The summed E-state index contributed by atoms with van der Waals surface area (Å²) in [7, 11) is 0. The normalized spacial score (nSPS) is 18.5. The maximum Gasteiger partial charge on any atom is 0.220 e. The molecule has 1 aliphatic heterocycles. The number of nitrogens with one attached hydrogen (secondary N) is 1. The highest BCUT2D eigenvalue weighted by Gasteiger charge is 2.38. The van der Waals surface area contributed by atoms with Crippen molar-refractivity contribution in [2.24, 2.45) is 0 Å². The highest BCUT2D eigenvalue weighted by atomic mass is 16.5. The van der Waals surface area contributed by atoms with Gasteiger partial charge in [-0.2, -0.15) is 0 Å². The highest BCUT2D eigenvalue weighted by Crippen LogP contribution is 2.27. The van der Waals surface area contributed by atoms with Gasteiger partial charge in [-0.05, 0) is 38.5 Å². The number of carbonyl (C=O) groups is 1. The first-order valence-electron chi connectivity index (χ1n) is 25.6. The van der Waals surface area contributed by atoms with Gasteiger partial charge in [0.15, 0.2) is 11.5 Å². The van der Waals surface area contributed by atoms with Crippen molar-refractivity contribution in [2.45, 2.75) is 282 Å². The van der Waals surface area contributed by atoms with E-state index in [-0.39, 0.29) is 18.7 Å². The van der Waals surface area contributed by atoms with Gasteiger partial charge in [0.1, 0.15) is 12.2 Å². The van der Waals surface area contributed by atoms with Crippen molar-refractivity contribution in [1.82, 2.24) is 5.32 Å². The van der Waals surface area contributed by atoms with E-state index in [0.717, 1.165) is 51.7 Å². The number of rotatable bonds is 44. The Kier molecular flexibility index (Phi) is 38.1. The van der Waals surface area contributed by atoms with Gasteiger partial charge in [0, 0.05) is 19.6 Å². The van der Waals surface area contributed by atoms with Crippen molar-refractivity contribution in [1.29, 1.82) is 0 Å². The van der Waals surface area contributed by atoms with E-state index in [9.17, 15) is 35.4 Å². The predicted molar refractivity (Wildman–Crippen MR) is 246 cm³/mol. The second-order valence-electron chi connectivity index (χ2n) is 18.1. The van der Waals surface area contributed by atoms with Crippen molar-refractivity contribution >= 4 is 5.91 Å². The Morgan fingerprint density at radius 3 is 1.45 bits per heavy atom. The fourth-order valence-corrected chi connectivity index (χ4v) is 8.48. The third-order valence-electron chi connectivity index (χ3n) is 12.6. The molecule has 0 radical (unpaired) electrons. The van der Waals surface area contributed by atoms with Crippen LogP contribution in [-0.2, 0) is 14.3 Å². The number of aliphatic hydroxyl groups is 6. The lowest BCUT2D eigenvalue weighted by Gasteiger charge is -2.34. The summed E-state index contributed by atoms with van der Waals surface area (Å²) < 4.78 is 11.3. The van der Waals surface area contributed by atoms with E-state index in [1.165, 1.54) is 167 Å². The van der Waals surface area contributed by atoms with Gasteiger partial charge in [-0.1, -0.05) is 200 Å². The molecule has 0 bridgehead atoms. The highest BCUT2D eigenvalue weighted by molar-refractivity contribution is 5.76. The Balaban J connectivity index is 2.27. The minimum atomic E-state index is -1.50. The van der Waals surface area contributed by atoms with Gasteiger partial charge >= 0.3 is 0 Å². The summed E-state index contributed by atoms with van der Waals surface area (Å²) in [6.45, 7) is 5.77. The van der Waals surface area contributed by atoms with Crippen LogP contribution in [0.25, 0.3) is 0 Å². The molecule has 0 aliphatic carbocycles. The molecule has 1 heterocycles. The van der Waals surface area contributed by atoms with Crippen LogP contribution < -0.4 is 5.32 Å². The molecule has 1 amide bonds. The summed E-state index contributed by atoms with van der Waals surface area (Å²) in [6.07, 6.45) is 34.6. The summed E-state index contributed by atoms with van der Waals surface area (Å²) in [4.78, 5) is 13.1. The molecule has 0 saturated carbocycles. The first kappa shape index (κ1) is 56.6. The van der Waals surface area contributed by atoms with Gasteiger partial charge in [0.05, 0.1) is 31.0 Å². The Labute approximate surface area is 368 Å². The lowest BCUT2D eigenvalue weighted by Crippen LogP contribution is -2.50. The smallest absolute Gasteiger partial charge is 0.220 e.